The van der Waals surface area contributed by atoms with Gasteiger partial charge in [0, 0.05) is 11.5 Å². The molecule has 2 aromatic heterocycles. The van der Waals surface area contributed by atoms with E-state index in [-0.39, 0.29) is 0 Å². The van der Waals surface area contributed by atoms with Gasteiger partial charge in [0.05, 0.1) is 13.3 Å². The summed E-state index contributed by atoms with van der Waals surface area (Å²) in [7, 11) is -4.94. The number of hydrogen-bond acceptors (Lipinski definition) is 5. The minimum absolute atomic E-state index is 0.912. The topological polar surface area (TPSA) is 117 Å². The largest absolute Gasteiger partial charge is 0.452 e. The van der Waals surface area contributed by atoms with Crippen LogP contribution in [0.1, 0.15) is 30.6 Å². The molecule has 0 bridgehead atoms. The van der Waals surface area contributed by atoms with Crippen LogP contribution in [0.2, 0.25) is 0 Å². The van der Waals surface area contributed by atoms with E-state index in [0.717, 1.165) is 41.1 Å². The molecule has 0 N–H and O–H groups in total. The van der Waals surface area contributed by atoms with E-state index in [1.807, 2.05) is 19.9 Å². The van der Waals surface area contributed by atoms with E-state index in [2.05, 4.69) is 13.0 Å². The SMILES string of the molecule is CCCc1[o+]c(C)cc2cc(C)oc12.[O-][Cl+3]([O-])([O-])[O-]. The van der Waals surface area contributed by atoms with Crippen LogP contribution in [0, 0.1) is 24.1 Å². The molecule has 0 spiro atoms. The molecular weight excluding hydrogens is 276 g/mol. The normalized spacial score (nSPS) is 11.3. The lowest BCUT2D eigenvalue weighted by Gasteiger charge is -2.17. The first-order valence-electron chi connectivity index (χ1n) is 5.65. The Balaban J connectivity index is 0.000000312. The maximum absolute atomic E-state index is 8.49. The summed E-state index contributed by atoms with van der Waals surface area (Å²) in [5, 5.41) is 1.15. The van der Waals surface area contributed by atoms with Crippen molar-refractivity contribution in [1.29, 1.82) is 0 Å². The summed E-state index contributed by atoms with van der Waals surface area (Å²) in [5.74, 6) is 2.86. The van der Waals surface area contributed by atoms with E-state index in [4.69, 9.17) is 27.5 Å². The van der Waals surface area contributed by atoms with Gasteiger partial charge in [0.15, 0.2) is 0 Å². The number of halogens is 1. The lowest BCUT2D eigenvalue weighted by Crippen LogP contribution is -2.68. The van der Waals surface area contributed by atoms with Gasteiger partial charge in [-0.15, -0.1) is 10.2 Å². The zero-order valence-corrected chi connectivity index (χ0v) is 11.7. The second-order valence-corrected chi connectivity index (χ2v) is 4.81. The van der Waals surface area contributed by atoms with E-state index in [1.165, 1.54) is 0 Å². The quantitative estimate of drug-likeness (QED) is 0.663. The Kier molecular flexibility index (Phi) is 5.28. The molecule has 2 rings (SSSR count). The van der Waals surface area contributed by atoms with Crippen molar-refractivity contribution < 1.29 is 37.7 Å². The van der Waals surface area contributed by atoms with Crippen molar-refractivity contribution in [2.24, 2.45) is 0 Å². The van der Waals surface area contributed by atoms with Crippen LogP contribution in [0.4, 0.5) is 0 Å². The molecule has 2 heterocycles. The molecule has 19 heavy (non-hydrogen) atoms. The summed E-state index contributed by atoms with van der Waals surface area (Å²) in [5.41, 5.74) is 0.912. The Labute approximate surface area is 112 Å². The van der Waals surface area contributed by atoms with Gasteiger partial charge in [-0.2, -0.15) is 0 Å². The van der Waals surface area contributed by atoms with E-state index < -0.39 is 10.2 Å². The zero-order valence-electron chi connectivity index (χ0n) is 10.9. The summed E-state index contributed by atoms with van der Waals surface area (Å²) < 4.78 is 45.2. The van der Waals surface area contributed by atoms with Gasteiger partial charge in [0.25, 0.3) is 0 Å². The predicted octanol–water partition coefficient (Wildman–Crippen LogP) is -0.880. The molecule has 6 nitrogen and oxygen atoms in total. The molecule has 0 atom stereocenters. The van der Waals surface area contributed by atoms with Crippen molar-refractivity contribution in [3.63, 3.8) is 0 Å². The van der Waals surface area contributed by atoms with E-state index in [1.54, 1.807) is 0 Å². The summed E-state index contributed by atoms with van der Waals surface area (Å²) in [4.78, 5) is 0. The van der Waals surface area contributed by atoms with Gasteiger partial charge in [-0.05, 0) is 19.4 Å². The lowest BCUT2D eigenvalue weighted by atomic mass is 10.2. The molecule has 106 valence electrons. The third-order valence-corrected chi connectivity index (χ3v) is 2.26. The van der Waals surface area contributed by atoms with E-state index in [0.29, 0.717) is 0 Å². The van der Waals surface area contributed by atoms with Crippen LogP contribution >= 0.6 is 0 Å². The minimum Gasteiger partial charge on any atom is -0.452 e. The maximum atomic E-state index is 8.49. The Morgan fingerprint density at radius 1 is 1.16 bits per heavy atom. The fourth-order valence-corrected chi connectivity index (χ4v) is 1.74. The molecule has 0 aliphatic carbocycles. The van der Waals surface area contributed by atoms with Crippen molar-refractivity contribution in [2.75, 3.05) is 0 Å². The third-order valence-electron chi connectivity index (χ3n) is 2.26. The van der Waals surface area contributed by atoms with Gasteiger partial charge in [-0.25, -0.2) is 23.1 Å². The van der Waals surface area contributed by atoms with Crippen LogP contribution in [-0.4, -0.2) is 0 Å². The average molecular weight is 291 g/mol. The number of rotatable bonds is 2. The monoisotopic (exact) mass is 290 g/mol. The number of hydrogen-bond donors (Lipinski definition) is 0. The molecule has 0 aliphatic rings. The van der Waals surface area contributed by atoms with Crippen LogP contribution in [-0.2, 0) is 6.42 Å². The first kappa shape index (κ1) is 15.9. The second kappa shape index (κ2) is 6.31. The molecule has 0 aromatic carbocycles. The van der Waals surface area contributed by atoms with Crippen molar-refractivity contribution in [3.05, 3.63) is 29.4 Å². The molecular formula is C12H15ClO6. The fraction of sp³-hybridized carbons (Fsp3) is 0.417. The molecule has 7 heteroatoms. The summed E-state index contributed by atoms with van der Waals surface area (Å²) >= 11 is 0. The van der Waals surface area contributed by atoms with Gasteiger partial charge in [-0.1, -0.05) is 6.92 Å². The Bertz CT molecular complexity index is 537. The molecule has 0 saturated heterocycles. The summed E-state index contributed by atoms with van der Waals surface area (Å²) in [6.45, 7) is 6.07. The Hall–Kier alpha value is -1.18. The fourth-order valence-electron chi connectivity index (χ4n) is 1.74. The van der Waals surface area contributed by atoms with Gasteiger partial charge in [-0.3, -0.25) is 0 Å². The lowest BCUT2D eigenvalue weighted by molar-refractivity contribution is -2.00. The molecule has 0 saturated carbocycles. The Morgan fingerprint density at radius 3 is 2.26 bits per heavy atom. The highest BCUT2D eigenvalue weighted by molar-refractivity contribution is 5.79. The number of aryl methyl sites for hydroxylation is 3. The van der Waals surface area contributed by atoms with Crippen LogP contribution < -0.4 is 18.6 Å². The summed E-state index contributed by atoms with van der Waals surface area (Å²) in [6, 6.07) is 4.07. The third kappa shape index (κ3) is 5.54. The van der Waals surface area contributed by atoms with Crippen molar-refractivity contribution in [3.8, 4) is 0 Å². The van der Waals surface area contributed by atoms with Crippen molar-refractivity contribution >= 4 is 11.0 Å². The molecule has 0 unspecified atom stereocenters. The van der Waals surface area contributed by atoms with Crippen LogP contribution in [0.25, 0.3) is 11.0 Å². The van der Waals surface area contributed by atoms with E-state index in [9.17, 15) is 0 Å². The number of furan rings is 1. The molecule has 0 fully saturated rings. The first-order chi connectivity index (χ1) is 8.70. The van der Waals surface area contributed by atoms with Gasteiger partial charge >= 0.3 is 11.5 Å². The van der Waals surface area contributed by atoms with Crippen molar-refractivity contribution in [1.82, 2.24) is 0 Å². The highest BCUT2D eigenvalue weighted by Gasteiger charge is 2.19. The minimum atomic E-state index is -4.94. The van der Waals surface area contributed by atoms with Gasteiger partial charge in [0.1, 0.15) is 5.76 Å². The zero-order chi connectivity index (χ0) is 14.6. The maximum Gasteiger partial charge on any atom is 0.371 e. The van der Waals surface area contributed by atoms with E-state index >= 15 is 0 Å². The van der Waals surface area contributed by atoms with Crippen molar-refractivity contribution in [2.45, 2.75) is 33.6 Å². The molecule has 0 aliphatic heterocycles. The second-order valence-electron chi connectivity index (χ2n) is 4.05. The highest BCUT2D eigenvalue weighted by atomic mass is 35.7. The molecule has 0 radical (unpaired) electrons. The smallest absolute Gasteiger partial charge is 0.371 e. The number of fused-ring (bicyclic) bond motifs is 1. The van der Waals surface area contributed by atoms with Crippen LogP contribution in [0.3, 0.4) is 0 Å². The Morgan fingerprint density at radius 2 is 1.74 bits per heavy atom. The van der Waals surface area contributed by atoms with Crippen LogP contribution in [0.15, 0.2) is 21.0 Å². The average Bonchev–Trinajstić information content (AvgIpc) is 2.56. The van der Waals surface area contributed by atoms with Gasteiger partial charge in [0.2, 0.25) is 5.58 Å². The highest BCUT2D eigenvalue weighted by Crippen LogP contribution is 2.25. The molecule has 0 amide bonds. The standard InChI is InChI=1S/C12H15O2.ClHO4/c1-4-5-11-12-10(6-8(2)13-11)7-9(3)14-12;2-1(3,4)5/h6-7H,4-5H2,1-3H3;(H,2,3,4,5)/q+1;/p-1. The first-order valence-corrected chi connectivity index (χ1v) is 6.88. The molecule has 2 aromatic rings. The van der Waals surface area contributed by atoms with Gasteiger partial charge < -0.3 is 4.42 Å². The van der Waals surface area contributed by atoms with Crippen LogP contribution in [0.5, 0.6) is 0 Å². The predicted molar refractivity (Wildman–Crippen MR) is 56.4 cm³/mol. The summed E-state index contributed by atoms with van der Waals surface area (Å²) in [6.07, 6.45) is 2.01.